The highest BCUT2D eigenvalue weighted by atomic mass is 16.5. The van der Waals surface area contributed by atoms with Crippen LogP contribution in [0.4, 0.5) is 0 Å². The van der Waals surface area contributed by atoms with Crippen LogP contribution in [0.25, 0.3) is 0 Å². The predicted octanol–water partition coefficient (Wildman–Crippen LogP) is 2.64. The van der Waals surface area contributed by atoms with Crippen LogP contribution in [-0.4, -0.2) is 40.1 Å². The molecule has 2 fully saturated rings. The molecule has 1 N–H and O–H groups in total. The molecule has 3 aliphatic heterocycles. The number of likely N-dealkylation sites (tertiary alicyclic amines) is 1. The highest BCUT2D eigenvalue weighted by Crippen LogP contribution is 2.53. The van der Waals surface area contributed by atoms with E-state index in [0.29, 0.717) is 6.54 Å². The minimum absolute atomic E-state index is 0.146. The summed E-state index contributed by atoms with van der Waals surface area (Å²) in [6, 6.07) is 19.4. The van der Waals surface area contributed by atoms with Crippen LogP contribution in [0.5, 0.6) is 0 Å². The average molecular weight is 361 g/mol. The first-order valence-corrected chi connectivity index (χ1v) is 9.11. The molecule has 0 saturated carbocycles. The van der Waals surface area contributed by atoms with E-state index in [0.717, 1.165) is 11.1 Å². The highest BCUT2D eigenvalue weighted by Gasteiger charge is 2.67. The Bertz CT molecular complexity index is 886. The Morgan fingerprint density at radius 3 is 2.22 bits per heavy atom. The van der Waals surface area contributed by atoms with Crippen molar-refractivity contribution in [1.29, 1.82) is 0 Å². The minimum atomic E-state index is -0.970. The van der Waals surface area contributed by atoms with Gasteiger partial charge in [-0.25, -0.2) is 0 Å². The standard InChI is InChI=1S/C22H19NO4/c24-20-18-17(21(25)26)16-11-12-22(18,27-16)13-23(20)19(14-7-3-1-4-8-14)15-9-5-2-6-10-15/h1-12,16-19H,13H2,(H,25,26)/t16-,17+,18+,22-/m1/s1. The van der Waals surface area contributed by atoms with Gasteiger partial charge in [0.15, 0.2) is 0 Å². The molecule has 0 aromatic heterocycles. The third-order valence-electron chi connectivity index (χ3n) is 5.96. The second kappa shape index (κ2) is 5.79. The van der Waals surface area contributed by atoms with E-state index in [9.17, 15) is 14.7 Å². The van der Waals surface area contributed by atoms with Crippen molar-refractivity contribution in [3.8, 4) is 0 Å². The number of hydrogen-bond acceptors (Lipinski definition) is 3. The third kappa shape index (κ3) is 2.28. The molecule has 1 amide bonds. The van der Waals surface area contributed by atoms with E-state index in [2.05, 4.69) is 0 Å². The van der Waals surface area contributed by atoms with Gasteiger partial charge in [0.1, 0.15) is 11.5 Å². The quantitative estimate of drug-likeness (QED) is 0.850. The van der Waals surface area contributed by atoms with Gasteiger partial charge in [0.25, 0.3) is 0 Å². The summed E-state index contributed by atoms with van der Waals surface area (Å²) in [6.45, 7) is 0.363. The molecule has 5 nitrogen and oxygen atoms in total. The van der Waals surface area contributed by atoms with Crippen molar-refractivity contribution in [2.45, 2.75) is 17.7 Å². The Kier molecular flexibility index (Phi) is 3.49. The fraction of sp³-hybridized carbons (Fsp3) is 0.273. The normalized spacial score (nSPS) is 30.9. The maximum absolute atomic E-state index is 13.4. The largest absolute Gasteiger partial charge is 0.481 e. The summed E-state index contributed by atoms with van der Waals surface area (Å²) in [5.41, 5.74) is 1.17. The van der Waals surface area contributed by atoms with Gasteiger partial charge >= 0.3 is 5.97 Å². The number of carboxylic acid groups (broad SMARTS) is 1. The second-order valence-electron chi connectivity index (χ2n) is 7.43. The maximum atomic E-state index is 13.4. The van der Waals surface area contributed by atoms with Crippen molar-refractivity contribution in [2.24, 2.45) is 11.8 Å². The third-order valence-corrected chi connectivity index (χ3v) is 5.96. The number of ether oxygens (including phenoxy) is 1. The molecular formula is C22H19NO4. The SMILES string of the molecule is O=C(O)[C@@H]1[C@H]2C(=O)N(C(c3ccccc3)c3ccccc3)C[C@]23C=C[C@H]1O3. The van der Waals surface area contributed by atoms with Gasteiger partial charge < -0.3 is 14.7 Å². The van der Waals surface area contributed by atoms with E-state index in [1.807, 2.05) is 66.7 Å². The molecule has 2 saturated heterocycles. The molecule has 3 heterocycles. The molecule has 3 aliphatic rings. The first kappa shape index (κ1) is 16.3. The number of carbonyl (C=O) groups excluding carboxylic acids is 1. The van der Waals surface area contributed by atoms with Crippen LogP contribution < -0.4 is 0 Å². The molecule has 0 aliphatic carbocycles. The maximum Gasteiger partial charge on any atom is 0.310 e. The van der Waals surface area contributed by atoms with Crippen molar-refractivity contribution in [3.05, 3.63) is 83.9 Å². The zero-order valence-electron chi connectivity index (χ0n) is 14.6. The van der Waals surface area contributed by atoms with Crippen LogP contribution in [0.2, 0.25) is 0 Å². The molecule has 4 atom stereocenters. The number of aliphatic carboxylic acids is 1. The first-order chi connectivity index (χ1) is 13.1. The molecule has 5 heteroatoms. The van der Waals surface area contributed by atoms with Crippen LogP contribution in [0.15, 0.2) is 72.8 Å². The Labute approximate surface area is 156 Å². The highest BCUT2D eigenvalue weighted by molar-refractivity contribution is 5.91. The van der Waals surface area contributed by atoms with Crippen LogP contribution in [0, 0.1) is 11.8 Å². The monoisotopic (exact) mass is 361 g/mol. The summed E-state index contributed by atoms with van der Waals surface area (Å²) < 4.78 is 6.03. The Morgan fingerprint density at radius 2 is 1.67 bits per heavy atom. The van der Waals surface area contributed by atoms with Gasteiger partial charge in [-0.05, 0) is 11.1 Å². The van der Waals surface area contributed by atoms with E-state index in [4.69, 9.17) is 4.74 Å². The van der Waals surface area contributed by atoms with Crippen molar-refractivity contribution < 1.29 is 19.4 Å². The minimum Gasteiger partial charge on any atom is -0.481 e. The molecule has 1 spiro atoms. The van der Waals surface area contributed by atoms with Gasteiger partial charge in [0.05, 0.1) is 24.6 Å². The molecular weight excluding hydrogens is 342 g/mol. The fourth-order valence-electron chi connectivity index (χ4n) is 4.85. The van der Waals surface area contributed by atoms with Crippen LogP contribution in [0.1, 0.15) is 17.2 Å². The summed E-state index contributed by atoms with van der Waals surface area (Å²) in [7, 11) is 0. The average Bonchev–Trinajstić information content (AvgIpc) is 3.32. The first-order valence-electron chi connectivity index (χ1n) is 9.11. The predicted molar refractivity (Wildman–Crippen MR) is 97.8 cm³/mol. The summed E-state index contributed by atoms with van der Waals surface area (Å²) in [5.74, 6) is -2.60. The Morgan fingerprint density at radius 1 is 1.07 bits per heavy atom. The van der Waals surface area contributed by atoms with Gasteiger partial charge in [0.2, 0.25) is 5.91 Å². The lowest BCUT2D eigenvalue weighted by Gasteiger charge is -2.31. The van der Waals surface area contributed by atoms with Gasteiger partial charge in [-0.3, -0.25) is 9.59 Å². The molecule has 2 bridgehead atoms. The van der Waals surface area contributed by atoms with Crippen molar-refractivity contribution >= 4 is 11.9 Å². The molecule has 5 rings (SSSR count). The number of rotatable bonds is 4. The molecule has 27 heavy (non-hydrogen) atoms. The number of fused-ring (bicyclic) bond motifs is 1. The number of amides is 1. The summed E-state index contributed by atoms with van der Waals surface area (Å²) >= 11 is 0. The summed E-state index contributed by atoms with van der Waals surface area (Å²) in [6.07, 6.45) is 3.18. The molecule has 0 unspecified atom stereocenters. The molecule has 0 radical (unpaired) electrons. The Hall–Kier alpha value is -2.92. The number of carboxylic acids is 1. The lowest BCUT2D eigenvalue weighted by molar-refractivity contribution is -0.148. The van der Waals surface area contributed by atoms with Gasteiger partial charge in [-0.2, -0.15) is 0 Å². The van der Waals surface area contributed by atoms with Crippen molar-refractivity contribution in [1.82, 2.24) is 4.90 Å². The Balaban J connectivity index is 1.59. The van der Waals surface area contributed by atoms with E-state index < -0.39 is 29.5 Å². The number of nitrogens with zero attached hydrogens (tertiary/aromatic N) is 1. The zero-order chi connectivity index (χ0) is 18.6. The molecule has 136 valence electrons. The van der Waals surface area contributed by atoms with Crippen LogP contribution in [0.3, 0.4) is 0 Å². The van der Waals surface area contributed by atoms with Crippen molar-refractivity contribution in [2.75, 3.05) is 6.54 Å². The number of carbonyl (C=O) groups is 2. The van der Waals surface area contributed by atoms with Gasteiger partial charge in [-0.15, -0.1) is 0 Å². The topological polar surface area (TPSA) is 66.8 Å². The van der Waals surface area contributed by atoms with Gasteiger partial charge in [0, 0.05) is 0 Å². The van der Waals surface area contributed by atoms with E-state index in [1.54, 1.807) is 11.0 Å². The second-order valence-corrected chi connectivity index (χ2v) is 7.43. The summed E-state index contributed by atoms with van der Waals surface area (Å²) in [4.78, 5) is 27.0. The summed E-state index contributed by atoms with van der Waals surface area (Å²) in [5, 5.41) is 9.67. The van der Waals surface area contributed by atoms with E-state index in [1.165, 1.54) is 0 Å². The smallest absolute Gasteiger partial charge is 0.310 e. The fourth-order valence-corrected chi connectivity index (χ4v) is 4.85. The molecule has 2 aromatic rings. The van der Waals surface area contributed by atoms with E-state index >= 15 is 0 Å². The van der Waals surface area contributed by atoms with E-state index in [-0.39, 0.29) is 11.9 Å². The lowest BCUT2D eigenvalue weighted by Crippen LogP contribution is -2.39. The lowest BCUT2D eigenvalue weighted by atomic mass is 9.77. The van der Waals surface area contributed by atoms with Crippen LogP contribution in [-0.2, 0) is 14.3 Å². The number of benzene rings is 2. The molecule has 2 aromatic carbocycles. The van der Waals surface area contributed by atoms with Gasteiger partial charge in [-0.1, -0.05) is 72.8 Å². The van der Waals surface area contributed by atoms with Crippen molar-refractivity contribution in [3.63, 3.8) is 0 Å². The van der Waals surface area contributed by atoms with Crippen LogP contribution >= 0.6 is 0 Å². The zero-order valence-corrected chi connectivity index (χ0v) is 14.6. The number of hydrogen-bond donors (Lipinski definition) is 1.